The molecule has 4 rings (SSSR count). The number of carbonyl (C=O) groups is 1. The lowest BCUT2D eigenvalue weighted by Gasteiger charge is -2.31. The lowest BCUT2D eigenvalue weighted by atomic mass is 10.0. The molecule has 2 unspecified atom stereocenters. The first kappa shape index (κ1) is 15.7. The highest BCUT2D eigenvalue weighted by Crippen LogP contribution is 2.31. The molecule has 1 saturated heterocycles. The molecule has 25 heavy (non-hydrogen) atoms. The largest absolute Gasteiger partial charge is 0.508 e. The Morgan fingerprint density at radius 3 is 2.64 bits per heavy atom. The second-order valence-electron chi connectivity index (χ2n) is 6.13. The summed E-state index contributed by atoms with van der Waals surface area (Å²) in [6, 6.07) is 16.4. The van der Waals surface area contributed by atoms with Crippen LogP contribution in [0.1, 0.15) is 33.8 Å². The first-order chi connectivity index (χ1) is 12.2. The van der Waals surface area contributed by atoms with E-state index in [4.69, 9.17) is 4.74 Å². The van der Waals surface area contributed by atoms with Gasteiger partial charge in [0.05, 0.1) is 17.3 Å². The number of aromatic hydroxyl groups is 1. The number of phenolic OH excluding ortho intramolecular Hbond substituents is 1. The van der Waals surface area contributed by atoms with Crippen LogP contribution in [0.15, 0.2) is 54.6 Å². The highest BCUT2D eigenvalue weighted by Gasteiger charge is 2.26. The number of hydrogen-bond acceptors (Lipinski definition) is 5. The van der Waals surface area contributed by atoms with Gasteiger partial charge in [-0.3, -0.25) is 4.79 Å². The number of hydrogen-bond donors (Lipinski definition) is 2. The Morgan fingerprint density at radius 2 is 1.84 bits per heavy atom. The zero-order valence-corrected chi connectivity index (χ0v) is 13.6. The van der Waals surface area contributed by atoms with Gasteiger partial charge in [-0.2, -0.15) is 0 Å². The number of aromatic nitrogens is 1. The molecular weight excluding hydrogens is 316 g/mol. The molecular formula is C20H18N2O3. The number of pyridine rings is 1. The van der Waals surface area contributed by atoms with Gasteiger partial charge < -0.3 is 15.2 Å². The molecule has 2 atom stereocenters. The fraction of sp³-hybridized carbons (Fsp3) is 0.200. The number of aldehydes is 1. The predicted octanol–water partition coefficient (Wildman–Crippen LogP) is 3.16. The summed E-state index contributed by atoms with van der Waals surface area (Å²) in [5.41, 5.74) is 3.15. The van der Waals surface area contributed by atoms with Crippen molar-refractivity contribution < 1.29 is 14.6 Å². The number of nitrogens with zero attached hydrogens (tertiary/aromatic N) is 1. The summed E-state index contributed by atoms with van der Waals surface area (Å²) >= 11 is 0. The van der Waals surface area contributed by atoms with Crippen molar-refractivity contribution in [2.75, 3.05) is 13.1 Å². The molecule has 3 aromatic rings. The number of para-hydroxylation sites is 1. The standard InChI is InChI=1S/C20H18N2O3/c23-12-14-9-18(22-17-4-2-1-3-16(14)17)20-11-21-10-19(25-20)13-5-7-15(24)8-6-13/h1-9,12,19-21,24H,10-11H2. The molecule has 1 fully saturated rings. The minimum Gasteiger partial charge on any atom is -0.508 e. The van der Waals surface area contributed by atoms with Crippen molar-refractivity contribution >= 4 is 17.2 Å². The van der Waals surface area contributed by atoms with Gasteiger partial charge in [-0.1, -0.05) is 30.3 Å². The molecule has 2 N–H and O–H groups in total. The lowest BCUT2D eigenvalue weighted by molar-refractivity contribution is -0.0425. The first-order valence-electron chi connectivity index (χ1n) is 8.24. The van der Waals surface area contributed by atoms with Gasteiger partial charge in [0, 0.05) is 24.0 Å². The van der Waals surface area contributed by atoms with E-state index in [2.05, 4.69) is 10.3 Å². The van der Waals surface area contributed by atoms with Crippen LogP contribution in [0.2, 0.25) is 0 Å². The Balaban J connectivity index is 1.66. The van der Waals surface area contributed by atoms with Crippen LogP contribution >= 0.6 is 0 Å². The minimum absolute atomic E-state index is 0.132. The van der Waals surface area contributed by atoms with Crippen LogP contribution in [0.25, 0.3) is 10.9 Å². The van der Waals surface area contributed by atoms with E-state index < -0.39 is 0 Å². The third kappa shape index (κ3) is 3.12. The second kappa shape index (κ2) is 6.63. The van der Waals surface area contributed by atoms with Crippen LogP contribution in [-0.2, 0) is 4.74 Å². The molecule has 0 bridgehead atoms. The molecule has 2 heterocycles. The minimum atomic E-state index is -0.240. The van der Waals surface area contributed by atoms with Gasteiger partial charge in [0.15, 0.2) is 6.29 Å². The Morgan fingerprint density at radius 1 is 1.08 bits per heavy atom. The van der Waals surface area contributed by atoms with Crippen LogP contribution in [-0.4, -0.2) is 29.5 Å². The van der Waals surface area contributed by atoms with E-state index in [-0.39, 0.29) is 18.0 Å². The van der Waals surface area contributed by atoms with E-state index >= 15 is 0 Å². The number of phenols is 1. The zero-order valence-electron chi connectivity index (χ0n) is 13.6. The van der Waals surface area contributed by atoms with Gasteiger partial charge in [0.25, 0.3) is 0 Å². The van der Waals surface area contributed by atoms with Crippen molar-refractivity contribution in [3.63, 3.8) is 0 Å². The Labute approximate surface area is 145 Å². The molecule has 126 valence electrons. The van der Waals surface area contributed by atoms with Crippen LogP contribution in [0.4, 0.5) is 0 Å². The van der Waals surface area contributed by atoms with E-state index in [0.717, 1.165) is 28.4 Å². The Hall–Kier alpha value is -2.76. The Kier molecular flexibility index (Phi) is 4.17. The molecule has 0 aliphatic carbocycles. The summed E-state index contributed by atoms with van der Waals surface area (Å²) < 4.78 is 6.22. The summed E-state index contributed by atoms with van der Waals surface area (Å²) in [6.07, 6.45) is 0.490. The van der Waals surface area contributed by atoms with Crippen molar-refractivity contribution in [3.05, 3.63) is 71.4 Å². The topological polar surface area (TPSA) is 71.5 Å². The molecule has 0 spiro atoms. The van der Waals surface area contributed by atoms with Gasteiger partial charge >= 0.3 is 0 Å². The normalized spacial score (nSPS) is 20.5. The lowest BCUT2D eigenvalue weighted by Crippen LogP contribution is -2.36. The maximum atomic E-state index is 11.5. The number of morpholine rings is 1. The van der Waals surface area contributed by atoms with E-state index in [1.165, 1.54) is 0 Å². The molecule has 1 aliphatic heterocycles. The third-order valence-corrected chi connectivity index (χ3v) is 4.48. The number of rotatable bonds is 3. The summed E-state index contributed by atoms with van der Waals surface area (Å²) in [5.74, 6) is 0.232. The second-order valence-corrected chi connectivity index (χ2v) is 6.13. The van der Waals surface area contributed by atoms with Crippen molar-refractivity contribution in [2.45, 2.75) is 12.2 Å². The number of fused-ring (bicyclic) bond motifs is 1. The average molecular weight is 334 g/mol. The van der Waals surface area contributed by atoms with Gasteiger partial charge in [-0.05, 0) is 29.8 Å². The van der Waals surface area contributed by atoms with Crippen molar-refractivity contribution in [1.29, 1.82) is 0 Å². The van der Waals surface area contributed by atoms with Crippen LogP contribution < -0.4 is 5.32 Å². The molecule has 1 aliphatic rings. The van der Waals surface area contributed by atoms with Crippen molar-refractivity contribution in [2.24, 2.45) is 0 Å². The molecule has 0 radical (unpaired) electrons. The van der Waals surface area contributed by atoms with Gasteiger partial charge in [0.1, 0.15) is 11.9 Å². The average Bonchev–Trinajstić information content (AvgIpc) is 2.67. The highest BCUT2D eigenvalue weighted by atomic mass is 16.5. The van der Waals surface area contributed by atoms with Crippen LogP contribution in [0, 0.1) is 0 Å². The quantitative estimate of drug-likeness (QED) is 0.720. The fourth-order valence-corrected chi connectivity index (χ4v) is 3.19. The first-order valence-corrected chi connectivity index (χ1v) is 8.24. The zero-order chi connectivity index (χ0) is 17.2. The summed E-state index contributed by atoms with van der Waals surface area (Å²) in [5, 5.41) is 13.7. The monoisotopic (exact) mass is 334 g/mol. The van der Waals surface area contributed by atoms with Crippen molar-refractivity contribution in [3.8, 4) is 5.75 Å². The van der Waals surface area contributed by atoms with Crippen LogP contribution in [0.5, 0.6) is 5.75 Å². The van der Waals surface area contributed by atoms with Gasteiger partial charge in [-0.25, -0.2) is 4.98 Å². The number of carbonyl (C=O) groups excluding carboxylic acids is 1. The van der Waals surface area contributed by atoms with Gasteiger partial charge in [-0.15, -0.1) is 0 Å². The maximum Gasteiger partial charge on any atom is 0.150 e. The fourth-order valence-electron chi connectivity index (χ4n) is 3.19. The van der Waals surface area contributed by atoms with Crippen molar-refractivity contribution in [1.82, 2.24) is 10.3 Å². The molecule has 1 aromatic heterocycles. The number of ether oxygens (including phenoxy) is 1. The molecule has 5 nitrogen and oxygen atoms in total. The third-order valence-electron chi connectivity index (χ3n) is 4.48. The molecule has 0 amide bonds. The molecule has 2 aromatic carbocycles. The summed E-state index contributed by atoms with van der Waals surface area (Å²) in [6.45, 7) is 1.33. The van der Waals surface area contributed by atoms with E-state index in [9.17, 15) is 9.90 Å². The summed E-state index contributed by atoms with van der Waals surface area (Å²) in [4.78, 5) is 16.2. The highest BCUT2D eigenvalue weighted by molar-refractivity contribution is 5.96. The predicted molar refractivity (Wildman–Crippen MR) is 94.7 cm³/mol. The number of nitrogens with one attached hydrogen (secondary N) is 1. The summed E-state index contributed by atoms with van der Waals surface area (Å²) in [7, 11) is 0. The molecule has 0 saturated carbocycles. The Bertz CT molecular complexity index is 908. The van der Waals surface area contributed by atoms with E-state index in [0.29, 0.717) is 18.7 Å². The SMILES string of the molecule is O=Cc1cc(C2CNCC(c3ccc(O)cc3)O2)nc2ccccc12. The van der Waals surface area contributed by atoms with E-state index in [1.807, 2.05) is 36.4 Å². The molecule has 5 heteroatoms. The van der Waals surface area contributed by atoms with Crippen LogP contribution in [0.3, 0.4) is 0 Å². The maximum absolute atomic E-state index is 11.5. The smallest absolute Gasteiger partial charge is 0.150 e. The number of benzene rings is 2. The van der Waals surface area contributed by atoms with E-state index in [1.54, 1.807) is 18.2 Å². The van der Waals surface area contributed by atoms with Gasteiger partial charge in [0.2, 0.25) is 0 Å².